The summed E-state index contributed by atoms with van der Waals surface area (Å²) >= 11 is 5.31. The number of halogens is 2. The number of hydrogen-bond acceptors (Lipinski definition) is 1. The van der Waals surface area contributed by atoms with Crippen molar-refractivity contribution in [3.8, 4) is 0 Å². The molecule has 0 aliphatic heterocycles. The first-order chi connectivity index (χ1) is 6.63. The monoisotopic (exact) mass is 212 g/mol. The van der Waals surface area contributed by atoms with Crippen LogP contribution in [0.25, 0.3) is 6.08 Å². The van der Waals surface area contributed by atoms with E-state index >= 15 is 0 Å². The van der Waals surface area contributed by atoms with Crippen molar-refractivity contribution in [2.75, 3.05) is 5.88 Å². The van der Waals surface area contributed by atoms with E-state index in [1.165, 1.54) is 12.1 Å². The molecule has 1 aromatic carbocycles. The second-order valence-electron chi connectivity index (χ2n) is 2.94. The molecule has 0 N–H and O–H groups in total. The summed E-state index contributed by atoms with van der Waals surface area (Å²) in [6, 6.07) is 4.66. The van der Waals surface area contributed by atoms with Gasteiger partial charge in [0.05, 0.1) is 5.88 Å². The molecule has 0 fully saturated rings. The minimum absolute atomic E-state index is 0.0311. The molecule has 0 bridgehead atoms. The van der Waals surface area contributed by atoms with E-state index in [1.54, 1.807) is 25.1 Å². The number of ketones is 1. The molecular weight excluding hydrogens is 203 g/mol. The van der Waals surface area contributed by atoms with Gasteiger partial charge >= 0.3 is 0 Å². The van der Waals surface area contributed by atoms with Crippen LogP contribution in [0.4, 0.5) is 4.39 Å². The molecule has 0 aliphatic carbocycles. The SMILES string of the molecule is Cc1cc(/C=C/C(=O)CCl)ccc1F. The highest BCUT2D eigenvalue weighted by Crippen LogP contribution is 2.10. The number of carbonyl (C=O) groups excluding carboxylic acids is 1. The summed E-state index contributed by atoms with van der Waals surface area (Å²) in [5.41, 5.74) is 1.35. The van der Waals surface area contributed by atoms with E-state index in [0.29, 0.717) is 5.56 Å². The van der Waals surface area contributed by atoms with Crippen LogP contribution in [0.2, 0.25) is 0 Å². The summed E-state index contributed by atoms with van der Waals surface area (Å²) in [6.07, 6.45) is 3.01. The molecule has 1 rings (SSSR count). The second-order valence-corrected chi connectivity index (χ2v) is 3.21. The van der Waals surface area contributed by atoms with Gasteiger partial charge in [-0.25, -0.2) is 4.39 Å². The number of carbonyl (C=O) groups is 1. The minimum Gasteiger partial charge on any atom is -0.294 e. The first-order valence-electron chi connectivity index (χ1n) is 4.16. The number of benzene rings is 1. The van der Waals surface area contributed by atoms with E-state index in [0.717, 1.165) is 5.56 Å². The Morgan fingerprint density at radius 3 is 2.86 bits per heavy atom. The fourth-order valence-corrected chi connectivity index (χ4v) is 1.09. The molecule has 0 atom stereocenters. The molecule has 0 spiro atoms. The standard InChI is InChI=1S/C11H10ClFO/c1-8-6-9(3-5-11(8)13)2-4-10(14)7-12/h2-6H,7H2,1H3/b4-2+. The molecule has 0 radical (unpaired) electrons. The van der Waals surface area contributed by atoms with E-state index in [-0.39, 0.29) is 17.5 Å². The molecule has 0 aliphatic rings. The highest BCUT2D eigenvalue weighted by Gasteiger charge is 1.97. The van der Waals surface area contributed by atoms with E-state index in [2.05, 4.69) is 0 Å². The van der Waals surface area contributed by atoms with Crippen molar-refractivity contribution in [1.29, 1.82) is 0 Å². The maximum atomic E-state index is 12.9. The fourth-order valence-electron chi connectivity index (χ4n) is 1.01. The van der Waals surface area contributed by atoms with Gasteiger partial charge in [-0.3, -0.25) is 4.79 Å². The van der Waals surface area contributed by atoms with Gasteiger partial charge in [-0.1, -0.05) is 12.1 Å². The Balaban J connectivity index is 2.83. The Hall–Kier alpha value is -1.15. The number of hydrogen-bond donors (Lipinski definition) is 0. The Morgan fingerprint density at radius 2 is 2.29 bits per heavy atom. The number of alkyl halides is 1. The maximum absolute atomic E-state index is 12.9. The van der Waals surface area contributed by atoms with E-state index in [1.807, 2.05) is 0 Å². The van der Waals surface area contributed by atoms with Crippen LogP contribution in [0.3, 0.4) is 0 Å². The Morgan fingerprint density at radius 1 is 1.57 bits per heavy atom. The van der Waals surface area contributed by atoms with Gasteiger partial charge in [0.25, 0.3) is 0 Å². The molecule has 0 saturated carbocycles. The van der Waals surface area contributed by atoms with Crippen LogP contribution in [-0.4, -0.2) is 11.7 Å². The molecule has 1 aromatic rings. The average Bonchev–Trinajstić information content (AvgIpc) is 2.19. The summed E-state index contributed by atoms with van der Waals surface area (Å²) in [6.45, 7) is 1.68. The molecule has 0 amide bonds. The van der Waals surface area contributed by atoms with Crippen LogP contribution in [0.1, 0.15) is 11.1 Å². The van der Waals surface area contributed by atoms with Crippen molar-refractivity contribution < 1.29 is 9.18 Å². The predicted octanol–water partition coefficient (Wildman–Crippen LogP) is 2.96. The fraction of sp³-hybridized carbons (Fsp3) is 0.182. The molecule has 0 unspecified atom stereocenters. The molecule has 0 aromatic heterocycles. The van der Waals surface area contributed by atoms with Crippen molar-refractivity contribution in [2.24, 2.45) is 0 Å². The van der Waals surface area contributed by atoms with Gasteiger partial charge < -0.3 is 0 Å². The van der Waals surface area contributed by atoms with Crippen LogP contribution < -0.4 is 0 Å². The molecule has 0 heterocycles. The zero-order valence-corrected chi connectivity index (χ0v) is 8.51. The Bertz CT molecular complexity index is 372. The van der Waals surface area contributed by atoms with E-state index in [4.69, 9.17) is 11.6 Å². The third-order valence-electron chi connectivity index (χ3n) is 1.78. The third kappa shape index (κ3) is 2.96. The van der Waals surface area contributed by atoms with Crippen molar-refractivity contribution in [2.45, 2.75) is 6.92 Å². The van der Waals surface area contributed by atoms with Gasteiger partial charge in [0.2, 0.25) is 0 Å². The molecule has 14 heavy (non-hydrogen) atoms. The Labute approximate surface area is 87.2 Å². The molecule has 1 nitrogen and oxygen atoms in total. The normalized spacial score (nSPS) is 10.8. The summed E-state index contributed by atoms with van der Waals surface area (Å²) < 4.78 is 12.9. The zero-order valence-electron chi connectivity index (χ0n) is 7.76. The van der Waals surface area contributed by atoms with Crippen LogP contribution in [0.5, 0.6) is 0 Å². The van der Waals surface area contributed by atoms with Gasteiger partial charge in [0.1, 0.15) is 5.82 Å². The summed E-state index contributed by atoms with van der Waals surface area (Å²) in [4.78, 5) is 10.8. The predicted molar refractivity (Wildman–Crippen MR) is 55.9 cm³/mol. The largest absolute Gasteiger partial charge is 0.294 e. The van der Waals surface area contributed by atoms with Crippen LogP contribution >= 0.6 is 11.6 Å². The van der Waals surface area contributed by atoms with Gasteiger partial charge in [-0.2, -0.15) is 0 Å². The summed E-state index contributed by atoms with van der Waals surface area (Å²) in [5.74, 6) is -0.434. The third-order valence-corrected chi connectivity index (χ3v) is 2.04. The van der Waals surface area contributed by atoms with Crippen molar-refractivity contribution in [3.05, 3.63) is 41.2 Å². The quantitative estimate of drug-likeness (QED) is 0.556. The maximum Gasteiger partial charge on any atom is 0.170 e. The zero-order chi connectivity index (χ0) is 10.6. The molecule has 0 saturated heterocycles. The summed E-state index contributed by atoms with van der Waals surface area (Å²) in [7, 11) is 0. The van der Waals surface area contributed by atoms with E-state index in [9.17, 15) is 9.18 Å². The lowest BCUT2D eigenvalue weighted by Gasteiger charge is -1.97. The molecular formula is C11H10ClFO. The highest BCUT2D eigenvalue weighted by atomic mass is 35.5. The van der Waals surface area contributed by atoms with Crippen LogP contribution in [-0.2, 0) is 4.79 Å². The lowest BCUT2D eigenvalue weighted by molar-refractivity contribution is -0.112. The smallest absolute Gasteiger partial charge is 0.170 e. The lowest BCUT2D eigenvalue weighted by atomic mass is 10.1. The van der Waals surface area contributed by atoms with Gasteiger partial charge in [-0.05, 0) is 36.3 Å². The van der Waals surface area contributed by atoms with Crippen molar-refractivity contribution in [1.82, 2.24) is 0 Å². The van der Waals surface area contributed by atoms with Gasteiger partial charge in [0.15, 0.2) is 5.78 Å². The molecule has 74 valence electrons. The highest BCUT2D eigenvalue weighted by molar-refractivity contribution is 6.29. The van der Waals surface area contributed by atoms with Crippen LogP contribution in [0.15, 0.2) is 24.3 Å². The first kappa shape index (κ1) is 10.9. The number of rotatable bonds is 3. The van der Waals surface area contributed by atoms with Gasteiger partial charge in [0, 0.05) is 0 Å². The topological polar surface area (TPSA) is 17.1 Å². The molecule has 3 heteroatoms. The number of aryl methyl sites for hydroxylation is 1. The van der Waals surface area contributed by atoms with E-state index < -0.39 is 0 Å². The first-order valence-corrected chi connectivity index (χ1v) is 4.70. The number of allylic oxidation sites excluding steroid dienone is 1. The summed E-state index contributed by atoms with van der Waals surface area (Å²) in [5, 5.41) is 0. The van der Waals surface area contributed by atoms with Crippen LogP contribution in [0, 0.1) is 12.7 Å². The average molecular weight is 213 g/mol. The minimum atomic E-state index is -0.245. The van der Waals surface area contributed by atoms with Gasteiger partial charge in [-0.15, -0.1) is 11.6 Å². The second kappa shape index (κ2) is 4.91. The Kier molecular flexibility index (Phi) is 3.84. The van der Waals surface area contributed by atoms with Crippen molar-refractivity contribution in [3.63, 3.8) is 0 Å². The lowest BCUT2D eigenvalue weighted by Crippen LogP contribution is -1.92. The van der Waals surface area contributed by atoms with Crippen molar-refractivity contribution >= 4 is 23.5 Å².